The van der Waals surface area contributed by atoms with Crippen LogP contribution >= 0.6 is 0 Å². The highest BCUT2D eigenvalue weighted by molar-refractivity contribution is 5.86. The first-order valence-corrected chi connectivity index (χ1v) is 11.9. The van der Waals surface area contributed by atoms with E-state index in [1.54, 1.807) is 0 Å². The van der Waals surface area contributed by atoms with Gasteiger partial charge in [0, 0.05) is 5.56 Å². The summed E-state index contributed by atoms with van der Waals surface area (Å²) in [6.07, 6.45) is 1.31. The van der Waals surface area contributed by atoms with E-state index < -0.39 is 5.97 Å². The Morgan fingerprint density at radius 3 is 2.26 bits per heavy atom. The minimum atomic E-state index is -0.687. The van der Waals surface area contributed by atoms with Crippen LogP contribution in [0.2, 0.25) is 0 Å². The highest BCUT2D eigenvalue weighted by Gasteiger charge is 2.32. The Morgan fingerprint density at radius 2 is 1.47 bits per heavy atom. The lowest BCUT2D eigenvalue weighted by molar-refractivity contribution is -0.143. The van der Waals surface area contributed by atoms with E-state index in [0.717, 1.165) is 30.0 Å². The van der Waals surface area contributed by atoms with Gasteiger partial charge in [-0.05, 0) is 53.9 Å². The number of carboxylic acid groups (broad SMARTS) is 1. The molecule has 1 fully saturated rings. The summed E-state index contributed by atoms with van der Waals surface area (Å²) in [5.41, 5.74) is 3.47. The number of para-hydroxylation sites is 1. The van der Waals surface area contributed by atoms with Crippen molar-refractivity contribution in [1.29, 1.82) is 0 Å². The van der Waals surface area contributed by atoms with Crippen LogP contribution in [0.3, 0.4) is 0 Å². The molecule has 4 nitrogen and oxygen atoms in total. The molecule has 0 saturated carbocycles. The number of likely N-dealkylation sites (tertiary alicyclic amines) is 1. The number of hydrogen-bond donors (Lipinski definition) is 1. The molecule has 172 valence electrons. The van der Waals surface area contributed by atoms with E-state index in [4.69, 9.17) is 4.74 Å². The Kier molecular flexibility index (Phi) is 6.59. The summed E-state index contributed by atoms with van der Waals surface area (Å²) in [6, 6.07) is 33.4. The molecule has 1 N–H and O–H groups in total. The van der Waals surface area contributed by atoms with Crippen LogP contribution in [-0.2, 0) is 11.4 Å². The molecule has 4 aromatic rings. The van der Waals surface area contributed by atoms with E-state index in [1.807, 2.05) is 30.3 Å². The van der Waals surface area contributed by atoms with Crippen LogP contribution in [-0.4, -0.2) is 29.1 Å². The first-order valence-electron chi connectivity index (χ1n) is 11.9. The zero-order chi connectivity index (χ0) is 23.3. The second-order valence-corrected chi connectivity index (χ2v) is 8.93. The second kappa shape index (κ2) is 10.1. The predicted molar refractivity (Wildman–Crippen MR) is 135 cm³/mol. The van der Waals surface area contributed by atoms with Crippen LogP contribution < -0.4 is 4.74 Å². The molecule has 5 rings (SSSR count). The molecule has 1 aliphatic rings. The first-order chi connectivity index (χ1) is 16.7. The average molecular weight is 452 g/mol. The number of nitrogens with zero attached hydrogens (tertiary/aromatic N) is 1. The fourth-order valence-electron chi connectivity index (χ4n) is 5.03. The van der Waals surface area contributed by atoms with E-state index in [-0.39, 0.29) is 12.0 Å². The van der Waals surface area contributed by atoms with Crippen molar-refractivity contribution >= 4 is 16.7 Å². The smallest absolute Gasteiger partial charge is 0.306 e. The van der Waals surface area contributed by atoms with Crippen LogP contribution in [0.5, 0.6) is 5.75 Å². The van der Waals surface area contributed by atoms with Gasteiger partial charge in [-0.25, -0.2) is 0 Å². The van der Waals surface area contributed by atoms with E-state index in [1.165, 1.54) is 16.3 Å². The second-order valence-electron chi connectivity index (χ2n) is 8.93. The number of piperidine rings is 1. The van der Waals surface area contributed by atoms with Gasteiger partial charge in [-0.2, -0.15) is 0 Å². The Labute approximate surface area is 200 Å². The molecule has 0 amide bonds. The largest absolute Gasteiger partial charge is 0.489 e. The number of carboxylic acids is 1. The maximum Gasteiger partial charge on any atom is 0.306 e. The number of aliphatic carboxylic acids is 1. The van der Waals surface area contributed by atoms with Crippen molar-refractivity contribution in [2.24, 2.45) is 5.92 Å². The van der Waals surface area contributed by atoms with Crippen LogP contribution in [0.4, 0.5) is 0 Å². The molecule has 0 bridgehead atoms. The van der Waals surface area contributed by atoms with Crippen molar-refractivity contribution in [3.05, 3.63) is 114 Å². The number of benzene rings is 4. The normalized spacial score (nSPS) is 15.8. The van der Waals surface area contributed by atoms with Gasteiger partial charge >= 0.3 is 5.97 Å². The number of ether oxygens (including phenoxy) is 1. The van der Waals surface area contributed by atoms with Crippen LogP contribution in [0.1, 0.15) is 35.6 Å². The van der Waals surface area contributed by atoms with Gasteiger partial charge in [0.05, 0.1) is 12.0 Å². The molecule has 0 spiro atoms. The van der Waals surface area contributed by atoms with Gasteiger partial charge in [0.2, 0.25) is 0 Å². The van der Waals surface area contributed by atoms with E-state index in [9.17, 15) is 9.90 Å². The molecular formula is C30H29NO3. The molecule has 1 aliphatic heterocycles. The van der Waals surface area contributed by atoms with Gasteiger partial charge in [-0.1, -0.05) is 91.0 Å². The fourth-order valence-corrected chi connectivity index (χ4v) is 5.03. The predicted octanol–water partition coefficient (Wildman–Crippen LogP) is 6.30. The Bertz CT molecular complexity index is 1260. The molecule has 34 heavy (non-hydrogen) atoms. The molecule has 4 heteroatoms. The third-order valence-corrected chi connectivity index (χ3v) is 6.81. The average Bonchev–Trinajstić information content (AvgIpc) is 2.89. The number of fused-ring (bicyclic) bond motifs is 1. The lowest BCUT2D eigenvalue weighted by Gasteiger charge is -2.38. The molecule has 0 aliphatic carbocycles. The van der Waals surface area contributed by atoms with Crippen molar-refractivity contribution in [2.45, 2.75) is 25.5 Å². The highest BCUT2D eigenvalue weighted by atomic mass is 16.5. The van der Waals surface area contributed by atoms with Crippen molar-refractivity contribution < 1.29 is 14.6 Å². The summed E-state index contributed by atoms with van der Waals surface area (Å²) in [6.45, 7) is 1.97. The zero-order valence-corrected chi connectivity index (χ0v) is 19.1. The first kappa shape index (κ1) is 22.2. The minimum absolute atomic E-state index is 0.0205. The monoisotopic (exact) mass is 451 g/mol. The van der Waals surface area contributed by atoms with Gasteiger partial charge < -0.3 is 9.84 Å². The Balaban J connectivity index is 1.55. The summed E-state index contributed by atoms with van der Waals surface area (Å²) < 4.78 is 6.37. The maximum atomic E-state index is 11.6. The Hall–Kier alpha value is -3.63. The van der Waals surface area contributed by atoms with Gasteiger partial charge in [-0.15, -0.1) is 0 Å². The standard InChI is InChI=1S/C30H29NO3/c32-30(33)24-17-19-31(20-18-24)29(26-15-8-12-23-11-4-5-13-25(23)26)27-14-6-7-16-28(27)34-21-22-9-2-1-3-10-22/h1-16,24,29H,17-21H2,(H,32,33). The van der Waals surface area contributed by atoms with E-state index in [2.05, 4.69) is 71.6 Å². The fraction of sp³-hybridized carbons (Fsp3) is 0.233. The number of rotatable bonds is 7. The number of hydrogen-bond acceptors (Lipinski definition) is 3. The van der Waals surface area contributed by atoms with Crippen LogP contribution in [0.25, 0.3) is 10.8 Å². The summed E-state index contributed by atoms with van der Waals surface area (Å²) in [5.74, 6) is -0.0911. The van der Waals surface area contributed by atoms with E-state index >= 15 is 0 Å². The van der Waals surface area contributed by atoms with E-state index in [0.29, 0.717) is 19.4 Å². The molecule has 4 aromatic carbocycles. The molecule has 1 unspecified atom stereocenters. The summed E-state index contributed by atoms with van der Waals surface area (Å²) in [7, 11) is 0. The van der Waals surface area contributed by atoms with Gasteiger partial charge in [0.25, 0.3) is 0 Å². The third kappa shape index (κ3) is 4.68. The van der Waals surface area contributed by atoms with Gasteiger partial charge in [0.1, 0.15) is 12.4 Å². The minimum Gasteiger partial charge on any atom is -0.489 e. The van der Waals surface area contributed by atoms with Crippen molar-refractivity contribution in [3.8, 4) is 5.75 Å². The van der Waals surface area contributed by atoms with Crippen molar-refractivity contribution in [1.82, 2.24) is 4.90 Å². The summed E-state index contributed by atoms with van der Waals surface area (Å²) in [4.78, 5) is 14.0. The van der Waals surface area contributed by atoms with Crippen LogP contribution in [0, 0.1) is 5.92 Å². The van der Waals surface area contributed by atoms with Crippen LogP contribution in [0.15, 0.2) is 97.1 Å². The molecule has 0 aromatic heterocycles. The quantitative estimate of drug-likeness (QED) is 0.358. The van der Waals surface area contributed by atoms with Crippen molar-refractivity contribution in [3.63, 3.8) is 0 Å². The lowest BCUT2D eigenvalue weighted by atomic mass is 9.88. The third-order valence-electron chi connectivity index (χ3n) is 6.81. The molecular weight excluding hydrogens is 422 g/mol. The molecule has 1 saturated heterocycles. The molecule has 1 atom stereocenters. The van der Waals surface area contributed by atoms with Gasteiger partial charge in [0.15, 0.2) is 0 Å². The summed E-state index contributed by atoms with van der Waals surface area (Å²) >= 11 is 0. The SMILES string of the molecule is O=C(O)C1CCN(C(c2ccccc2OCc2ccccc2)c2cccc3ccccc23)CC1. The Morgan fingerprint density at radius 1 is 0.824 bits per heavy atom. The molecule has 1 heterocycles. The molecule has 0 radical (unpaired) electrons. The highest BCUT2D eigenvalue weighted by Crippen LogP contribution is 2.40. The summed E-state index contributed by atoms with van der Waals surface area (Å²) in [5, 5.41) is 11.9. The van der Waals surface area contributed by atoms with Gasteiger partial charge in [-0.3, -0.25) is 9.69 Å². The zero-order valence-electron chi connectivity index (χ0n) is 19.1. The maximum absolute atomic E-state index is 11.6. The van der Waals surface area contributed by atoms with Crippen molar-refractivity contribution in [2.75, 3.05) is 13.1 Å². The topological polar surface area (TPSA) is 49.8 Å². The lowest BCUT2D eigenvalue weighted by Crippen LogP contribution is -2.39. The number of carbonyl (C=O) groups is 1.